The van der Waals surface area contributed by atoms with Gasteiger partial charge in [0, 0.05) is 19.1 Å². The lowest BCUT2D eigenvalue weighted by Crippen LogP contribution is -2.45. The van der Waals surface area contributed by atoms with Crippen molar-refractivity contribution in [3.05, 3.63) is 0 Å². The van der Waals surface area contributed by atoms with E-state index in [0.29, 0.717) is 18.6 Å². The Morgan fingerprint density at radius 2 is 2.00 bits per heavy atom. The summed E-state index contributed by atoms with van der Waals surface area (Å²) in [5, 5.41) is 3.02. The lowest BCUT2D eigenvalue weighted by molar-refractivity contribution is 0.107. The van der Waals surface area contributed by atoms with E-state index in [1.165, 1.54) is 0 Å². The zero-order valence-corrected chi connectivity index (χ0v) is 9.65. The molecule has 2 amide bonds. The number of urea groups is 1. The van der Waals surface area contributed by atoms with Gasteiger partial charge >= 0.3 is 6.03 Å². The molecular weight excluding hydrogens is 206 g/mol. The van der Waals surface area contributed by atoms with E-state index in [0.717, 1.165) is 45.2 Å². The molecule has 2 fully saturated rings. The molecule has 0 aromatic rings. The maximum Gasteiger partial charge on any atom is 0.317 e. The van der Waals surface area contributed by atoms with Crippen molar-refractivity contribution in [3.63, 3.8) is 0 Å². The van der Waals surface area contributed by atoms with E-state index < -0.39 is 0 Å². The Hall–Kier alpha value is -0.810. The normalized spacial score (nSPS) is 22.2. The quantitative estimate of drug-likeness (QED) is 0.700. The fourth-order valence-corrected chi connectivity index (χ4v) is 2.15. The molecule has 1 saturated heterocycles. The smallest absolute Gasteiger partial charge is 0.317 e. The van der Waals surface area contributed by atoms with Crippen molar-refractivity contribution < 1.29 is 9.63 Å². The molecule has 2 rings (SSSR count). The predicted octanol–water partition coefficient (Wildman–Crippen LogP) is 0.851. The third-order valence-electron chi connectivity index (χ3n) is 3.45. The van der Waals surface area contributed by atoms with Crippen molar-refractivity contribution >= 4 is 6.03 Å². The SMILES string of the molecule is NOCCC1CCN(C(=O)NC2CC2)CC1. The highest BCUT2D eigenvalue weighted by atomic mass is 16.6. The number of hydrogen-bond acceptors (Lipinski definition) is 3. The number of hydrogen-bond donors (Lipinski definition) is 2. The summed E-state index contributed by atoms with van der Waals surface area (Å²) in [5.74, 6) is 5.67. The fourth-order valence-electron chi connectivity index (χ4n) is 2.15. The second-order valence-electron chi connectivity index (χ2n) is 4.81. The Balaban J connectivity index is 1.65. The molecule has 3 N–H and O–H groups in total. The lowest BCUT2D eigenvalue weighted by atomic mass is 9.94. The summed E-state index contributed by atoms with van der Waals surface area (Å²) in [6.45, 7) is 2.36. The second kappa shape index (κ2) is 5.50. The molecule has 0 bridgehead atoms. The molecule has 5 nitrogen and oxygen atoms in total. The second-order valence-corrected chi connectivity index (χ2v) is 4.81. The molecule has 0 aromatic heterocycles. The van der Waals surface area contributed by atoms with Gasteiger partial charge in [0.05, 0.1) is 6.61 Å². The fraction of sp³-hybridized carbons (Fsp3) is 0.909. The predicted molar refractivity (Wildman–Crippen MR) is 60.6 cm³/mol. The lowest BCUT2D eigenvalue weighted by Gasteiger charge is -2.31. The summed E-state index contributed by atoms with van der Waals surface area (Å²) >= 11 is 0. The van der Waals surface area contributed by atoms with Gasteiger partial charge in [0.15, 0.2) is 0 Å². The summed E-state index contributed by atoms with van der Waals surface area (Å²) in [6, 6.07) is 0.576. The summed E-state index contributed by atoms with van der Waals surface area (Å²) in [5.41, 5.74) is 0. The van der Waals surface area contributed by atoms with Gasteiger partial charge in [0.1, 0.15) is 0 Å². The van der Waals surface area contributed by atoms with Crippen molar-refractivity contribution in [3.8, 4) is 0 Å². The first-order valence-electron chi connectivity index (χ1n) is 6.16. The number of likely N-dealkylation sites (tertiary alicyclic amines) is 1. The molecule has 5 heteroatoms. The number of amides is 2. The molecular formula is C11H21N3O2. The Morgan fingerprint density at radius 1 is 1.31 bits per heavy atom. The molecule has 0 aromatic carbocycles. The number of nitrogens with zero attached hydrogens (tertiary/aromatic N) is 1. The summed E-state index contributed by atoms with van der Waals surface area (Å²) in [7, 11) is 0. The molecule has 92 valence electrons. The minimum atomic E-state index is 0.121. The molecule has 2 aliphatic rings. The van der Waals surface area contributed by atoms with Crippen LogP contribution in [0.4, 0.5) is 4.79 Å². The maximum atomic E-state index is 11.7. The topological polar surface area (TPSA) is 67.6 Å². The molecule has 16 heavy (non-hydrogen) atoms. The van der Waals surface area contributed by atoms with Gasteiger partial charge in [-0.25, -0.2) is 10.7 Å². The molecule has 0 atom stereocenters. The van der Waals surface area contributed by atoms with Crippen molar-refractivity contribution in [1.82, 2.24) is 10.2 Å². The average Bonchev–Trinajstić information content (AvgIpc) is 3.11. The van der Waals surface area contributed by atoms with Crippen molar-refractivity contribution in [2.75, 3.05) is 19.7 Å². The first kappa shape index (κ1) is 11.7. The average molecular weight is 227 g/mol. The zero-order chi connectivity index (χ0) is 11.4. The minimum Gasteiger partial charge on any atom is -0.335 e. The van der Waals surface area contributed by atoms with E-state index in [1.807, 2.05) is 4.90 Å². The summed E-state index contributed by atoms with van der Waals surface area (Å²) < 4.78 is 0. The van der Waals surface area contributed by atoms with Crippen molar-refractivity contribution in [2.45, 2.75) is 38.1 Å². The Kier molecular flexibility index (Phi) is 4.01. The number of carbonyl (C=O) groups excluding carboxylic acids is 1. The maximum absolute atomic E-state index is 11.7. The highest BCUT2D eigenvalue weighted by Crippen LogP contribution is 2.22. The zero-order valence-electron chi connectivity index (χ0n) is 9.65. The van der Waals surface area contributed by atoms with E-state index >= 15 is 0 Å². The Morgan fingerprint density at radius 3 is 2.56 bits per heavy atom. The van der Waals surface area contributed by atoms with Crippen LogP contribution in [0, 0.1) is 5.92 Å². The molecule has 0 unspecified atom stereocenters. The summed E-state index contributed by atoms with van der Waals surface area (Å²) in [4.78, 5) is 18.3. The van der Waals surface area contributed by atoms with Gasteiger partial charge in [-0.3, -0.25) is 0 Å². The molecule has 1 aliphatic heterocycles. The highest BCUT2D eigenvalue weighted by Gasteiger charge is 2.28. The van der Waals surface area contributed by atoms with E-state index in [1.54, 1.807) is 0 Å². The van der Waals surface area contributed by atoms with E-state index in [4.69, 9.17) is 5.90 Å². The number of carbonyl (C=O) groups is 1. The number of piperidine rings is 1. The van der Waals surface area contributed by atoms with Crippen molar-refractivity contribution in [1.29, 1.82) is 0 Å². The van der Waals surface area contributed by atoms with E-state index in [9.17, 15) is 4.79 Å². The first-order valence-corrected chi connectivity index (χ1v) is 6.16. The standard InChI is InChI=1S/C11H21N3O2/c12-16-8-5-9-3-6-14(7-4-9)11(15)13-10-1-2-10/h9-10H,1-8,12H2,(H,13,15). The monoisotopic (exact) mass is 227 g/mol. The van der Waals surface area contributed by atoms with Gasteiger partial charge in [0.25, 0.3) is 0 Å². The third-order valence-corrected chi connectivity index (χ3v) is 3.45. The van der Waals surface area contributed by atoms with E-state index in [-0.39, 0.29) is 6.03 Å². The largest absolute Gasteiger partial charge is 0.335 e. The minimum absolute atomic E-state index is 0.121. The molecule has 1 heterocycles. The van der Waals surface area contributed by atoms with Gasteiger partial charge < -0.3 is 15.1 Å². The van der Waals surface area contributed by atoms with Crippen LogP contribution in [-0.2, 0) is 4.84 Å². The van der Waals surface area contributed by atoms with E-state index in [2.05, 4.69) is 10.2 Å². The van der Waals surface area contributed by atoms with Gasteiger partial charge in [-0.1, -0.05) is 0 Å². The number of nitrogens with one attached hydrogen (secondary N) is 1. The van der Waals surface area contributed by atoms with Gasteiger partial charge in [-0.15, -0.1) is 0 Å². The molecule has 0 radical (unpaired) electrons. The van der Waals surface area contributed by atoms with Gasteiger partial charge in [-0.2, -0.15) is 0 Å². The number of rotatable bonds is 4. The highest BCUT2D eigenvalue weighted by molar-refractivity contribution is 5.74. The first-order chi connectivity index (χ1) is 7.79. The Bertz CT molecular complexity index is 235. The van der Waals surface area contributed by atoms with Crippen LogP contribution in [-0.4, -0.2) is 36.7 Å². The van der Waals surface area contributed by atoms with Crippen LogP contribution in [0.15, 0.2) is 0 Å². The van der Waals surface area contributed by atoms with Crippen molar-refractivity contribution in [2.24, 2.45) is 11.8 Å². The van der Waals surface area contributed by atoms with Crippen LogP contribution in [0.25, 0.3) is 0 Å². The van der Waals surface area contributed by atoms with Crippen LogP contribution in [0.5, 0.6) is 0 Å². The van der Waals surface area contributed by atoms with Gasteiger partial charge in [-0.05, 0) is 38.0 Å². The molecule has 1 saturated carbocycles. The molecule has 0 spiro atoms. The Labute approximate surface area is 96.3 Å². The van der Waals surface area contributed by atoms with Gasteiger partial charge in [0.2, 0.25) is 0 Å². The molecule has 1 aliphatic carbocycles. The van der Waals surface area contributed by atoms with Crippen LogP contribution in [0.1, 0.15) is 32.1 Å². The third kappa shape index (κ3) is 3.35. The number of nitrogens with two attached hydrogens (primary N) is 1. The van der Waals surface area contributed by atoms with Crippen LogP contribution in [0.3, 0.4) is 0 Å². The van der Waals surface area contributed by atoms with Crippen LogP contribution < -0.4 is 11.2 Å². The summed E-state index contributed by atoms with van der Waals surface area (Å²) in [6.07, 6.45) is 5.45. The van der Waals surface area contributed by atoms with Crippen LogP contribution in [0.2, 0.25) is 0 Å². The van der Waals surface area contributed by atoms with Crippen LogP contribution >= 0.6 is 0 Å².